The van der Waals surface area contributed by atoms with Crippen molar-refractivity contribution in [3.63, 3.8) is 0 Å². The maximum Gasteiger partial charge on any atom is 0.314 e. The SMILES string of the molecule is O=C(O)CCNC(=O)NCCCOC1CCCc2ccccc21. The highest BCUT2D eigenvalue weighted by Crippen LogP contribution is 2.32. The van der Waals surface area contributed by atoms with Crippen molar-refractivity contribution in [3.8, 4) is 0 Å². The Morgan fingerprint density at radius 2 is 2.00 bits per heavy atom. The molecule has 6 nitrogen and oxygen atoms in total. The Hall–Kier alpha value is -2.08. The molecule has 2 rings (SSSR count). The van der Waals surface area contributed by atoms with Gasteiger partial charge in [0.05, 0.1) is 12.5 Å². The Labute approximate surface area is 136 Å². The van der Waals surface area contributed by atoms with Gasteiger partial charge in [-0.1, -0.05) is 24.3 Å². The van der Waals surface area contributed by atoms with Gasteiger partial charge in [0.2, 0.25) is 0 Å². The van der Waals surface area contributed by atoms with Gasteiger partial charge in [0.25, 0.3) is 0 Å². The summed E-state index contributed by atoms with van der Waals surface area (Å²) in [5, 5.41) is 13.7. The normalized spacial score (nSPS) is 16.4. The molecule has 0 aliphatic heterocycles. The number of hydrogen-bond donors (Lipinski definition) is 3. The van der Waals surface area contributed by atoms with E-state index in [4.69, 9.17) is 9.84 Å². The predicted octanol–water partition coefficient (Wildman–Crippen LogP) is 2.24. The quantitative estimate of drug-likeness (QED) is 0.641. The van der Waals surface area contributed by atoms with Crippen LogP contribution in [0, 0.1) is 0 Å². The Balaban J connectivity index is 1.59. The summed E-state index contributed by atoms with van der Waals surface area (Å²) in [6.45, 7) is 1.23. The van der Waals surface area contributed by atoms with Crippen LogP contribution >= 0.6 is 0 Å². The fourth-order valence-corrected chi connectivity index (χ4v) is 2.73. The lowest BCUT2D eigenvalue weighted by Crippen LogP contribution is -2.37. The number of fused-ring (bicyclic) bond motifs is 1. The molecule has 1 aliphatic rings. The molecule has 0 saturated carbocycles. The Bertz CT molecular complexity index is 533. The molecule has 0 fully saturated rings. The number of carbonyl (C=O) groups is 2. The van der Waals surface area contributed by atoms with Crippen molar-refractivity contribution in [2.75, 3.05) is 19.7 Å². The van der Waals surface area contributed by atoms with E-state index in [1.165, 1.54) is 11.1 Å². The number of ether oxygens (including phenoxy) is 1. The van der Waals surface area contributed by atoms with E-state index >= 15 is 0 Å². The predicted molar refractivity (Wildman–Crippen MR) is 86.3 cm³/mol. The molecule has 1 unspecified atom stereocenters. The van der Waals surface area contributed by atoms with Gasteiger partial charge in [-0.3, -0.25) is 4.79 Å². The number of carboxylic acid groups (broad SMARTS) is 1. The van der Waals surface area contributed by atoms with Gasteiger partial charge in [-0.15, -0.1) is 0 Å². The van der Waals surface area contributed by atoms with E-state index in [1.54, 1.807) is 0 Å². The van der Waals surface area contributed by atoms with Gasteiger partial charge in [-0.2, -0.15) is 0 Å². The zero-order valence-electron chi connectivity index (χ0n) is 13.2. The maximum atomic E-state index is 11.4. The molecule has 1 aromatic rings. The standard InChI is InChI=1S/C17H24N2O4/c20-16(21)9-11-19-17(22)18-10-4-12-23-15-8-3-6-13-5-1-2-7-14(13)15/h1-2,5,7,15H,3-4,6,8-12H2,(H,20,21)(H2,18,19,22). The van der Waals surface area contributed by atoms with Crippen molar-refractivity contribution in [3.05, 3.63) is 35.4 Å². The van der Waals surface area contributed by atoms with E-state index in [0.29, 0.717) is 13.2 Å². The summed E-state index contributed by atoms with van der Waals surface area (Å²) in [7, 11) is 0. The van der Waals surface area contributed by atoms with Crippen LogP contribution in [0.25, 0.3) is 0 Å². The second kappa shape index (κ2) is 9.15. The summed E-state index contributed by atoms with van der Waals surface area (Å²) in [5.74, 6) is -0.925. The summed E-state index contributed by atoms with van der Waals surface area (Å²) >= 11 is 0. The number of urea groups is 1. The van der Waals surface area contributed by atoms with Crippen molar-refractivity contribution in [2.45, 2.75) is 38.2 Å². The zero-order valence-corrected chi connectivity index (χ0v) is 13.2. The van der Waals surface area contributed by atoms with Gasteiger partial charge >= 0.3 is 12.0 Å². The number of hydrogen-bond acceptors (Lipinski definition) is 3. The van der Waals surface area contributed by atoms with Crippen LogP contribution in [0.2, 0.25) is 0 Å². The highest BCUT2D eigenvalue weighted by atomic mass is 16.5. The number of nitrogens with one attached hydrogen (secondary N) is 2. The molecule has 1 aliphatic carbocycles. The summed E-state index contributed by atoms with van der Waals surface area (Å²) in [5.41, 5.74) is 2.66. The first-order valence-electron chi connectivity index (χ1n) is 8.09. The molecule has 6 heteroatoms. The summed E-state index contributed by atoms with van der Waals surface area (Å²) < 4.78 is 5.95. The molecular formula is C17H24N2O4. The minimum absolute atomic E-state index is 0.0718. The van der Waals surface area contributed by atoms with Crippen molar-refractivity contribution in [1.29, 1.82) is 0 Å². The van der Waals surface area contributed by atoms with Crippen LogP contribution in [0.1, 0.15) is 42.9 Å². The third kappa shape index (κ3) is 5.90. The van der Waals surface area contributed by atoms with Crippen molar-refractivity contribution >= 4 is 12.0 Å². The average Bonchev–Trinajstić information content (AvgIpc) is 2.54. The number of aliphatic carboxylic acids is 1. The van der Waals surface area contributed by atoms with E-state index < -0.39 is 5.97 Å². The number of rotatable bonds is 8. The van der Waals surface area contributed by atoms with Crippen molar-refractivity contribution in [2.24, 2.45) is 0 Å². The van der Waals surface area contributed by atoms with E-state index in [2.05, 4.69) is 28.8 Å². The fourth-order valence-electron chi connectivity index (χ4n) is 2.73. The van der Waals surface area contributed by atoms with Gasteiger partial charge in [0, 0.05) is 19.7 Å². The van der Waals surface area contributed by atoms with Crippen LogP contribution in [0.4, 0.5) is 4.79 Å². The Morgan fingerprint density at radius 3 is 2.83 bits per heavy atom. The largest absolute Gasteiger partial charge is 0.481 e. The van der Waals surface area contributed by atoms with Crippen LogP contribution in [-0.4, -0.2) is 36.8 Å². The second-order valence-electron chi connectivity index (χ2n) is 5.63. The van der Waals surface area contributed by atoms with Crippen LogP contribution in [-0.2, 0) is 16.0 Å². The number of benzene rings is 1. The molecule has 23 heavy (non-hydrogen) atoms. The molecule has 0 heterocycles. The number of amides is 2. The van der Waals surface area contributed by atoms with Crippen LogP contribution < -0.4 is 10.6 Å². The van der Waals surface area contributed by atoms with Crippen LogP contribution in [0.15, 0.2) is 24.3 Å². The third-order valence-corrected chi connectivity index (χ3v) is 3.86. The van der Waals surface area contributed by atoms with Gasteiger partial charge < -0.3 is 20.5 Å². The molecule has 3 N–H and O–H groups in total. The molecule has 0 bridgehead atoms. The molecule has 0 spiro atoms. The first-order valence-corrected chi connectivity index (χ1v) is 8.09. The van der Waals surface area contributed by atoms with E-state index in [9.17, 15) is 9.59 Å². The monoisotopic (exact) mass is 320 g/mol. The van der Waals surface area contributed by atoms with E-state index in [-0.39, 0.29) is 25.1 Å². The lowest BCUT2D eigenvalue weighted by atomic mass is 9.89. The van der Waals surface area contributed by atoms with Gasteiger partial charge in [-0.25, -0.2) is 4.79 Å². The molecule has 2 amide bonds. The smallest absolute Gasteiger partial charge is 0.314 e. The summed E-state index contributed by atoms with van der Waals surface area (Å²) in [6.07, 6.45) is 4.12. The van der Waals surface area contributed by atoms with Crippen molar-refractivity contribution < 1.29 is 19.4 Å². The van der Waals surface area contributed by atoms with E-state index in [0.717, 1.165) is 25.7 Å². The molecule has 0 saturated heterocycles. The number of carboxylic acids is 1. The molecular weight excluding hydrogens is 296 g/mol. The van der Waals surface area contributed by atoms with Crippen molar-refractivity contribution in [1.82, 2.24) is 10.6 Å². The Morgan fingerprint density at radius 1 is 1.22 bits per heavy atom. The number of carbonyl (C=O) groups excluding carboxylic acids is 1. The highest BCUT2D eigenvalue weighted by Gasteiger charge is 2.19. The van der Waals surface area contributed by atoms with Gasteiger partial charge in [0.1, 0.15) is 0 Å². The molecule has 0 aromatic heterocycles. The molecule has 1 aromatic carbocycles. The number of aryl methyl sites for hydroxylation is 1. The van der Waals surface area contributed by atoms with Crippen LogP contribution in [0.5, 0.6) is 0 Å². The average molecular weight is 320 g/mol. The lowest BCUT2D eigenvalue weighted by Gasteiger charge is -2.25. The minimum Gasteiger partial charge on any atom is -0.481 e. The van der Waals surface area contributed by atoms with E-state index in [1.807, 2.05) is 6.07 Å². The zero-order chi connectivity index (χ0) is 16.5. The first-order chi connectivity index (χ1) is 11.2. The topological polar surface area (TPSA) is 87.7 Å². The summed E-state index contributed by atoms with van der Waals surface area (Å²) in [6, 6.07) is 8.06. The molecule has 0 radical (unpaired) electrons. The first kappa shape index (κ1) is 17.3. The summed E-state index contributed by atoms with van der Waals surface area (Å²) in [4.78, 5) is 21.7. The molecule has 1 atom stereocenters. The van der Waals surface area contributed by atoms with Crippen LogP contribution in [0.3, 0.4) is 0 Å². The fraction of sp³-hybridized carbons (Fsp3) is 0.529. The highest BCUT2D eigenvalue weighted by molar-refractivity contribution is 5.74. The maximum absolute atomic E-state index is 11.4. The third-order valence-electron chi connectivity index (χ3n) is 3.86. The van der Waals surface area contributed by atoms with Gasteiger partial charge in [0.15, 0.2) is 0 Å². The molecule has 126 valence electrons. The Kier molecular flexibility index (Phi) is 6.87. The second-order valence-corrected chi connectivity index (χ2v) is 5.63. The lowest BCUT2D eigenvalue weighted by molar-refractivity contribution is -0.136. The van der Waals surface area contributed by atoms with Gasteiger partial charge in [-0.05, 0) is 36.8 Å². The minimum atomic E-state index is -0.925.